The zero-order chi connectivity index (χ0) is 19.7. The highest BCUT2D eigenvalue weighted by Crippen LogP contribution is 2.31. The van der Waals surface area contributed by atoms with E-state index in [0.717, 1.165) is 42.9 Å². The second kappa shape index (κ2) is 7.85. The second-order valence-electron chi connectivity index (χ2n) is 7.21. The van der Waals surface area contributed by atoms with E-state index in [9.17, 15) is 4.79 Å². The molecule has 1 saturated heterocycles. The molecule has 3 aromatic rings. The molecule has 1 aliphatic heterocycles. The van der Waals surface area contributed by atoms with Crippen LogP contribution in [0.5, 0.6) is 0 Å². The SMILES string of the molecule is Cc1ccc(C(=O)Nc2nc(-c3cc(C)n(C[C@@H]4CCCO4)c3C)cs2)cn1. The van der Waals surface area contributed by atoms with Crippen molar-refractivity contribution in [2.45, 2.75) is 46.3 Å². The predicted octanol–water partition coefficient (Wildman–Crippen LogP) is 4.36. The molecule has 1 atom stereocenters. The van der Waals surface area contributed by atoms with Crippen molar-refractivity contribution in [3.63, 3.8) is 0 Å². The average molecular weight is 397 g/mol. The van der Waals surface area contributed by atoms with Gasteiger partial charge in [-0.05, 0) is 51.8 Å². The Bertz CT molecular complexity index is 985. The third-order valence-corrected chi connectivity index (χ3v) is 5.92. The Labute approximate surface area is 168 Å². The highest BCUT2D eigenvalue weighted by Gasteiger charge is 2.20. The van der Waals surface area contributed by atoms with Crippen LogP contribution in [0.4, 0.5) is 5.13 Å². The number of nitrogens with one attached hydrogen (secondary N) is 1. The third-order valence-electron chi connectivity index (χ3n) is 5.16. The number of aryl methyl sites for hydroxylation is 2. The molecule has 0 spiro atoms. The second-order valence-corrected chi connectivity index (χ2v) is 8.07. The quantitative estimate of drug-likeness (QED) is 0.696. The molecule has 0 saturated carbocycles. The molecule has 146 valence electrons. The van der Waals surface area contributed by atoms with Crippen molar-refractivity contribution < 1.29 is 9.53 Å². The molecule has 4 rings (SSSR count). The molecule has 0 radical (unpaired) electrons. The van der Waals surface area contributed by atoms with Crippen molar-refractivity contribution in [1.29, 1.82) is 0 Å². The van der Waals surface area contributed by atoms with Crippen molar-refractivity contribution in [2.24, 2.45) is 0 Å². The van der Waals surface area contributed by atoms with Crippen LogP contribution in [0.2, 0.25) is 0 Å². The van der Waals surface area contributed by atoms with Gasteiger partial charge in [0, 0.05) is 47.4 Å². The first kappa shape index (κ1) is 18.8. The number of carbonyl (C=O) groups is 1. The maximum atomic E-state index is 12.4. The molecule has 4 heterocycles. The largest absolute Gasteiger partial charge is 0.376 e. The number of anilines is 1. The maximum Gasteiger partial charge on any atom is 0.259 e. The van der Waals surface area contributed by atoms with Gasteiger partial charge in [-0.3, -0.25) is 15.1 Å². The van der Waals surface area contributed by atoms with Gasteiger partial charge < -0.3 is 9.30 Å². The number of hydrogen-bond acceptors (Lipinski definition) is 5. The van der Waals surface area contributed by atoms with Gasteiger partial charge in [-0.2, -0.15) is 0 Å². The summed E-state index contributed by atoms with van der Waals surface area (Å²) < 4.78 is 8.10. The van der Waals surface area contributed by atoms with E-state index in [2.05, 4.69) is 39.8 Å². The van der Waals surface area contributed by atoms with E-state index >= 15 is 0 Å². The van der Waals surface area contributed by atoms with Crippen molar-refractivity contribution in [3.05, 3.63) is 52.4 Å². The van der Waals surface area contributed by atoms with Gasteiger partial charge >= 0.3 is 0 Å². The van der Waals surface area contributed by atoms with Gasteiger partial charge in [0.25, 0.3) is 5.91 Å². The highest BCUT2D eigenvalue weighted by atomic mass is 32.1. The van der Waals surface area contributed by atoms with Crippen molar-refractivity contribution in [1.82, 2.24) is 14.5 Å². The summed E-state index contributed by atoms with van der Waals surface area (Å²) >= 11 is 1.43. The molecule has 1 aliphatic rings. The van der Waals surface area contributed by atoms with Crippen LogP contribution >= 0.6 is 11.3 Å². The normalized spacial score (nSPS) is 16.5. The molecule has 0 aromatic carbocycles. The Balaban J connectivity index is 1.51. The molecule has 6 nitrogen and oxygen atoms in total. The average Bonchev–Trinajstić information content (AvgIpc) is 3.40. The van der Waals surface area contributed by atoms with Gasteiger partial charge in [0.15, 0.2) is 5.13 Å². The summed E-state index contributed by atoms with van der Waals surface area (Å²) in [7, 11) is 0. The molecule has 1 N–H and O–H groups in total. The van der Waals surface area contributed by atoms with Crippen LogP contribution in [-0.2, 0) is 11.3 Å². The fraction of sp³-hybridized carbons (Fsp3) is 0.381. The summed E-state index contributed by atoms with van der Waals surface area (Å²) in [6.07, 6.45) is 4.14. The smallest absolute Gasteiger partial charge is 0.259 e. The van der Waals surface area contributed by atoms with E-state index in [1.54, 1.807) is 12.3 Å². The predicted molar refractivity (Wildman–Crippen MR) is 111 cm³/mol. The summed E-state index contributed by atoms with van der Waals surface area (Å²) in [6, 6.07) is 5.75. The number of carbonyl (C=O) groups excluding carboxylic acids is 1. The van der Waals surface area contributed by atoms with E-state index in [1.165, 1.54) is 22.7 Å². The summed E-state index contributed by atoms with van der Waals surface area (Å²) in [4.78, 5) is 21.2. The minimum absolute atomic E-state index is 0.197. The summed E-state index contributed by atoms with van der Waals surface area (Å²) in [6.45, 7) is 7.87. The van der Waals surface area contributed by atoms with Gasteiger partial charge in [-0.15, -0.1) is 11.3 Å². The number of aromatic nitrogens is 3. The summed E-state index contributed by atoms with van der Waals surface area (Å²) in [5.74, 6) is -0.197. The third kappa shape index (κ3) is 3.86. The fourth-order valence-corrected chi connectivity index (χ4v) is 4.27. The summed E-state index contributed by atoms with van der Waals surface area (Å²) in [5, 5.41) is 5.44. The number of thiazole rings is 1. The lowest BCUT2D eigenvalue weighted by molar-refractivity contribution is 0.0962. The van der Waals surface area contributed by atoms with Gasteiger partial charge in [0.2, 0.25) is 0 Å². The summed E-state index contributed by atoms with van der Waals surface area (Å²) in [5.41, 5.74) is 5.77. The van der Waals surface area contributed by atoms with Gasteiger partial charge in [-0.25, -0.2) is 4.98 Å². The minimum Gasteiger partial charge on any atom is -0.376 e. The standard InChI is InChI=1S/C21H24N4O2S/c1-13-6-7-16(10-22-13)20(26)24-21-23-19(12-28-21)18-9-14(2)25(15(18)3)11-17-5-4-8-27-17/h6-7,9-10,12,17H,4-5,8,11H2,1-3H3,(H,23,24,26)/t17-/m0/s1. The molecular weight excluding hydrogens is 372 g/mol. The van der Waals surface area contributed by atoms with Crippen LogP contribution in [0.15, 0.2) is 29.8 Å². The Morgan fingerprint density at radius 2 is 2.21 bits per heavy atom. The monoisotopic (exact) mass is 396 g/mol. The molecule has 0 bridgehead atoms. The Kier molecular flexibility index (Phi) is 5.28. The van der Waals surface area contributed by atoms with Crippen molar-refractivity contribution >= 4 is 22.4 Å². The van der Waals surface area contributed by atoms with Crippen LogP contribution in [0.3, 0.4) is 0 Å². The lowest BCUT2D eigenvalue weighted by Gasteiger charge is -2.14. The molecule has 1 amide bonds. The Hall–Kier alpha value is -2.51. The molecule has 0 unspecified atom stereocenters. The van der Waals surface area contributed by atoms with E-state index in [0.29, 0.717) is 16.8 Å². The number of amides is 1. The topological polar surface area (TPSA) is 69.0 Å². The molecule has 1 fully saturated rings. The minimum atomic E-state index is -0.197. The lowest BCUT2D eigenvalue weighted by Crippen LogP contribution is -2.16. The first-order valence-electron chi connectivity index (χ1n) is 9.49. The molecule has 0 aliphatic carbocycles. The molecule has 3 aromatic heterocycles. The fourth-order valence-electron chi connectivity index (χ4n) is 3.56. The first-order valence-corrected chi connectivity index (χ1v) is 10.4. The first-order chi connectivity index (χ1) is 13.5. The number of hydrogen-bond donors (Lipinski definition) is 1. The Morgan fingerprint density at radius 1 is 1.36 bits per heavy atom. The van der Waals surface area contributed by atoms with Gasteiger partial charge in [-0.1, -0.05) is 0 Å². The van der Waals surface area contributed by atoms with Gasteiger partial charge in [0.05, 0.1) is 17.4 Å². The highest BCUT2D eigenvalue weighted by molar-refractivity contribution is 7.14. The Morgan fingerprint density at radius 3 is 2.93 bits per heavy atom. The number of pyridine rings is 1. The lowest BCUT2D eigenvalue weighted by atomic mass is 10.2. The van der Waals surface area contributed by atoms with E-state index in [-0.39, 0.29) is 5.91 Å². The van der Waals surface area contributed by atoms with Crippen LogP contribution in [0.25, 0.3) is 11.3 Å². The molecular formula is C21H24N4O2S. The zero-order valence-corrected chi connectivity index (χ0v) is 17.2. The van der Waals surface area contributed by atoms with Crippen LogP contribution < -0.4 is 5.32 Å². The number of ether oxygens (including phenoxy) is 1. The van der Waals surface area contributed by atoms with Crippen LogP contribution in [0.1, 0.15) is 40.3 Å². The van der Waals surface area contributed by atoms with Crippen LogP contribution in [0, 0.1) is 20.8 Å². The molecule has 7 heteroatoms. The molecule has 28 heavy (non-hydrogen) atoms. The van der Waals surface area contributed by atoms with E-state index in [4.69, 9.17) is 4.74 Å². The van der Waals surface area contributed by atoms with Crippen molar-refractivity contribution in [3.8, 4) is 11.3 Å². The number of nitrogens with zero attached hydrogens (tertiary/aromatic N) is 3. The van der Waals surface area contributed by atoms with E-state index < -0.39 is 0 Å². The maximum absolute atomic E-state index is 12.4. The van der Waals surface area contributed by atoms with E-state index in [1.807, 2.05) is 18.4 Å². The van der Waals surface area contributed by atoms with Crippen molar-refractivity contribution in [2.75, 3.05) is 11.9 Å². The number of rotatable bonds is 5. The zero-order valence-electron chi connectivity index (χ0n) is 16.4. The van der Waals surface area contributed by atoms with Crippen LogP contribution in [-0.4, -0.2) is 33.2 Å². The van der Waals surface area contributed by atoms with Gasteiger partial charge in [0.1, 0.15) is 0 Å².